The maximum Gasteiger partial charge on any atom is 0.278 e. The van der Waals surface area contributed by atoms with Gasteiger partial charge in [-0.2, -0.15) is 10.2 Å². The first-order valence-electron chi connectivity index (χ1n) is 4.86. The number of rotatable bonds is 2. The molecule has 0 aliphatic rings. The fourth-order valence-corrected chi connectivity index (χ4v) is 1.15. The molecule has 0 atom stereocenters. The van der Waals surface area contributed by atoms with Crippen molar-refractivity contribution in [1.82, 2.24) is 25.4 Å². The molecule has 0 unspecified atom stereocenters. The van der Waals surface area contributed by atoms with Gasteiger partial charge in [-0.15, -0.1) is 5.10 Å². The summed E-state index contributed by atoms with van der Waals surface area (Å²) >= 11 is 0. The highest BCUT2D eigenvalue weighted by atomic mass is 16.2. The zero-order valence-corrected chi connectivity index (χ0v) is 9.35. The summed E-state index contributed by atoms with van der Waals surface area (Å²) in [6.07, 6.45) is 1.36. The lowest BCUT2D eigenvalue weighted by Crippen LogP contribution is -2.17. The van der Waals surface area contributed by atoms with E-state index in [1.807, 2.05) is 0 Å². The first-order chi connectivity index (χ1) is 8.08. The molecule has 2 rings (SSSR count). The number of nitrogens with zero attached hydrogens (tertiary/aromatic N) is 4. The maximum absolute atomic E-state index is 11.7. The summed E-state index contributed by atoms with van der Waals surface area (Å²) < 4.78 is 0. The van der Waals surface area contributed by atoms with E-state index in [4.69, 9.17) is 5.73 Å². The van der Waals surface area contributed by atoms with Crippen LogP contribution >= 0.6 is 0 Å². The van der Waals surface area contributed by atoms with Crippen molar-refractivity contribution in [2.45, 2.75) is 13.8 Å². The van der Waals surface area contributed by atoms with Crippen LogP contribution in [0, 0.1) is 13.8 Å². The molecule has 17 heavy (non-hydrogen) atoms. The molecule has 8 nitrogen and oxygen atoms in total. The van der Waals surface area contributed by atoms with Crippen LogP contribution in [0.15, 0.2) is 6.20 Å². The Hall–Kier alpha value is -2.51. The van der Waals surface area contributed by atoms with Crippen molar-refractivity contribution in [3.8, 4) is 0 Å². The number of aryl methyl sites for hydroxylation is 2. The highest BCUT2D eigenvalue weighted by Crippen LogP contribution is 2.08. The molecule has 0 aliphatic heterocycles. The van der Waals surface area contributed by atoms with E-state index in [2.05, 4.69) is 30.7 Å². The standard InChI is InChI=1S/C9H11N7O/c1-4-5(2)14-16-9(12-4)13-8(17)7-6(10)3-11-15-7/h3H,10H2,1-2H3,(H,11,15)(H,12,13,16,17). The number of carbonyl (C=O) groups is 1. The molecule has 2 aromatic rings. The summed E-state index contributed by atoms with van der Waals surface area (Å²) in [4.78, 5) is 15.8. The van der Waals surface area contributed by atoms with Gasteiger partial charge in [0.05, 0.1) is 23.3 Å². The molecule has 88 valence electrons. The van der Waals surface area contributed by atoms with Gasteiger partial charge in [-0.3, -0.25) is 15.2 Å². The second-order valence-corrected chi connectivity index (χ2v) is 3.46. The van der Waals surface area contributed by atoms with E-state index in [0.29, 0.717) is 11.4 Å². The van der Waals surface area contributed by atoms with Gasteiger partial charge in [0, 0.05) is 0 Å². The number of nitrogen functional groups attached to an aromatic ring is 1. The van der Waals surface area contributed by atoms with Crippen LogP contribution in [0.5, 0.6) is 0 Å². The number of aromatic amines is 1. The number of amides is 1. The fourth-order valence-electron chi connectivity index (χ4n) is 1.15. The smallest absolute Gasteiger partial charge is 0.278 e. The van der Waals surface area contributed by atoms with E-state index in [-0.39, 0.29) is 17.3 Å². The second kappa shape index (κ2) is 4.16. The van der Waals surface area contributed by atoms with Gasteiger partial charge in [0.15, 0.2) is 0 Å². The van der Waals surface area contributed by atoms with E-state index < -0.39 is 5.91 Å². The molecule has 0 spiro atoms. The number of nitrogens with one attached hydrogen (secondary N) is 2. The monoisotopic (exact) mass is 233 g/mol. The largest absolute Gasteiger partial charge is 0.396 e. The van der Waals surface area contributed by atoms with E-state index in [0.717, 1.165) is 0 Å². The van der Waals surface area contributed by atoms with Crippen LogP contribution in [-0.2, 0) is 0 Å². The number of nitrogens with two attached hydrogens (primary N) is 1. The van der Waals surface area contributed by atoms with Crippen molar-refractivity contribution in [1.29, 1.82) is 0 Å². The topological polar surface area (TPSA) is 122 Å². The van der Waals surface area contributed by atoms with Crippen LogP contribution in [0.4, 0.5) is 11.6 Å². The Morgan fingerprint density at radius 3 is 2.71 bits per heavy atom. The Kier molecular flexibility index (Phi) is 2.69. The molecule has 0 fully saturated rings. The Bertz CT molecular complexity index is 562. The lowest BCUT2D eigenvalue weighted by atomic mass is 10.3. The van der Waals surface area contributed by atoms with Gasteiger partial charge >= 0.3 is 0 Å². The molecule has 2 aromatic heterocycles. The Labute approximate surface area is 96.7 Å². The summed E-state index contributed by atoms with van der Waals surface area (Å²) in [5.74, 6) is -0.322. The van der Waals surface area contributed by atoms with E-state index in [1.54, 1.807) is 13.8 Å². The number of H-pyrrole nitrogens is 1. The zero-order chi connectivity index (χ0) is 12.4. The highest BCUT2D eigenvalue weighted by molar-refractivity contribution is 6.05. The fraction of sp³-hybridized carbons (Fsp3) is 0.222. The predicted molar refractivity (Wildman–Crippen MR) is 60.3 cm³/mol. The molecule has 0 bridgehead atoms. The Balaban J connectivity index is 2.19. The predicted octanol–water partition coefficient (Wildman–Crippen LogP) is 0.0460. The van der Waals surface area contributed by atoms with Gasteiger partial charge in [-0.05, 0) is 13.8 Å². The summed E-state index contributed by atoms with van der Waals surface area (Å²) in [7, 11) is 0. The van der Waals surface area contributed by atoms with Crippen molar-refractivity contribution in [3.05, 3.63) is 23.3 Å². The third-order valence-electron chi connectivity index (χ3n) is 2.21. The number of aromatic nitrogens is 5. The molecule has 8 heteroatoms. The van der Waals surface area contributed by atoms with Crippen molar-refractivity contribution < 1.29 is 4.79 Å². The van der Waals surface area contributed by atoms with Crippen LogP contribution in [0.3, 0.4) is 0 Å². The van der Waals surface area contributed by atoms with Crippen molar-refractivity contribution in [3.63, 3.8) is 0 Å². The van der Waals surface area contributed by atoms with Gasteiger partial charge in [-0.25, -0.2) is 4.98 Å². The van der Waals surface area contributed by atoms with Crippen LogP contribution in [0.1, 0.15) is 21.9 Å². The third-order valence-corrected chi connectivity index (χ3v) is 2.21. The SMILES string of the molecule is Cc1nnc(NC(=O)c2[nH]ncc2N)nc1C. The minimum atomic E-state index is -0.454. The Morgan fingerprint density at radius 1 is 1.35 bits per heavy atom. The average Bonchev–Trinajstić information content (AvgIpc) is 2.70. The Morgan fingerprint density at radius 2 is 2.12 bits per heavy atom. The minimum Gasteiger partial charge on any atom is -0.396 e. The minimum absolute atomic E-state index is 0.132. The first kappa shape index (κ1) is 11.0. The van der Waals surface area contributed by atoms with Crippen molar-refractivity contribution in [2.75, 3.05) is 11.1 Å². The molecular formula is C9H11N7O. The molecule has 4 N–H and O–H groups in total. The average molecular weight is 233 g/mol. The second-order valence-electron chi connectivity index (χ2n) is 3.46. The zero-order valence-electron chi connectivity index (χ0n) is 9.35. The van der Waals surface area contributed by atoms with E-state index in [1.165, 1.54) is 6.20 Å². The number of anilines is 2. The van der Waals surface area contributed by atoms with Gasteiger partial charge < -0.3 is 5.73 Å². The van der Waals surface area contributed by atoms with Gasteiger partial charge in [0.2, 0.25) is 5.95 Å². The molecule has 0 saturated heterocycles. The molecule has 1 amide bonds. The summed E-state index contributed by atoms with van der Waals surface area (Å²) in [5, 5.41) is 16.2. The van der Waals surface area contributed by atoms with Crippen LogP contribution in [0.25, 0.3) is 0 Å². The highest BCUT2D eigenvalue weighted by Gasteiger charge is 2.13. The van der Waals surface area contributed by atoms with Gasteiger partial charge in [-0.1, -0.05) is 0 Å². The number of hydrogen-bond acceptors (Lipinski definition) is 6. The van der Waals surface area contributed by atoms with Crippen LogP contribution in [0.2, 0.25) is 0 Å². The van der Waals surface area contributed by atoms with Crippen LogP contribution < -0.4 is 11.1 Å². The van der Waals surface area contributed by atoms with Crippen molar-refractivity contribution in [2.24, 2.45) is 0 Å². The number of carbonyl (C=O) groups excluding carboxylic acids is 1. The third kappa shape index (κ3) is 2.19. The van der Waals surface area contributed by atoms with Gasteiger partial charge in [0.25, 0.3) is 5.91 Å². The molecule has 0 aromatic carbocycles. The molecule has 0 aliphatic carbocycles. The van der Waals surface area contributed by atoms with Gasteiger partial charge in [0.1, 0.15) is 5.69 Å². The van der Waals surface area contributed by atoms with E-state index >= 15 is 0 Å². The normalized spacial score (nSPS) is 10.2. The first-order valence-corrected chi connectivity index (χ1v) is 4.86. The lowest BCUT2D eigenvalue weighted by Gasteiger charge is -2.03. The number of hydrogen-bond donors (Lipinski definition) is 3. The molecule has 2 heterocycles. The molecular weight excluding hydrogens is 222 g/mol. The summed E-state index contributed by atoms with van der Waals surface area (Å²) in [6, 6.07) is 0. The molecule has 0 radical (unpaired) electrons. The summed E-state index contributed by atoms with van der Waals surface area (Å²) in [5.41, 5.74) is 7.39. The van der Waals surface area contributed by atoms with Crippen molar-refractivity contribution >= 4 is 17.5 Å². The quantitative estimate of drug-likeness (QED) is 0.673. The lowest BCUT2D eigenvalue weighted by molar-refractivity contribution is 0.102. The van der Waals surface area contributed by atoms with E-state index in [9.17, 15) is 4.79 Å². The van der Waals surface area contributed by atoms with Crippen LogP contribution in [-0.4, -0.2) is 31.3 Å². The maximum atomic E-state index is 11.7. The summed E-state index contributed by atoms with van der Waals surface area (Å²) in [6.45, 7) is 3.57. The molecule has 0 saturated carbocycles.